The summed E-state index contributed by atoms with van der Waals surface area (Å²) in [6.07, 6.45) is 3.13. The molecule has 0 spiro atoms. The van der Waals surface area contributed by atoms with E-state index in [1.54, 1.807) is 18.2 Å². The van der Waals surface area contributed by atoms with Crippen LogP contribution < -0.4 is 14.2 Å². The van der Waals surface area contributed by atoms with Crippen LogP contribution in [0.2, 0.25) is 0 Å². The van der Waals surface area contributed by atoms with Crippen LogP contribution in [0.25, 0.3) is 5.76 Å². The third-order valence-electron chi connectivity index (χ3n) is 6.33. The van der Waals surface area contributed by atoms with E-state index in [1.807, 2.05) is 43.3 Å². The Morgan fingerprint density at radius 3 is 2.61 bits per heavy atom. The molecule has 192 valence electrons. The van der Waals surface area contributed by atoms with Crippen molar-refractivity contribution in [2.45, 2.75) is 32.2 Å². The lowest BCUT2D eigenvalue weighted by Gasteiger charge is -2.27. The van der Waals surface area contributed by atoms with Crippen molar-refractivity contribution in [1.82, 2.24) is 9.80 Å². The normalized spacial score (nSPS) is 18.7. The Labute approximate surface area is 212 Å². The summed E-state index contributed by atoms with van der Waals surface area (Å²) in [5.41, 5.74) is 1.15. The van der Waals surface area contributed by atoms with Gasteiger partial charge >= 0.3 is 0 Å². The van der Waals surface area contributed by atoms with Crippen molar-refractivity contribution in [1.29, 1.82) is 0 Å². The van der Waals surface area contributed by atoms with Crippen LogP contribution in [0.4, 0.5) is 0 Å². The Balaban J connectivity index is 1.74. The summed E-state index contributed by atoms with van der Waals surface area (Å²) in [5, 5.41) is 11.3. The van der Waals surface area contributed by atoms with Crippen molar-refractivity contribution in [3.8, 4) is 17.2 Å². The minimum Gasteiger partial charge on any atom is -0.507 e. The van der Waals surface area contributed by atoms with Gasteiger partial charge in [0.1, 0.15) is 24.7 Å². The van der Waals surface area contributed by atoms with E-state index in [2.05, 4.69) is 6.92 Å². The first-order chi connectivity index (χ1) is 17.4. The highest BCUT2D eigenvalue weighted by Gasteiger charge is 2.46. The summed E-state index contributed by atoms with van der Waals surface area (Å²) < 4.78 is 17.2. The van der Waals surface area contributed by atoms with Gasteiger partial charge in [0.25, 0.3) is 11.7 Å². The molecule has 0 aromatic heterocycles. The summed E-state index contributed by atoms with van der Waals surface area (Å²) in [7, 11) is 3.82. The number of hydrogen-bond acceptors (Lipinski definition) is 7. The average Bonchev–Trinajstić information content (AvgIpc) is 3.14. The molecule has 1 fully saturated rings. The fourth-order valence-corrected chi connectivity index (χ4v) is 4.43. The number of hydrogen-bond donors (Lipinski definition) is 1. The molecule has 0 saturated carbocycles. The predicted octanol–water partition coefficient (Wildman–Crippen LogP) is 4.01. The van der Waals surface area contributed by atoms with Gasteiger partial charge in [0.05, 0.1) is 18.2 Å². The molecule has 4 rings (SSSR count). The largest absolute Gasteiger partial charge is 0.507 e. The molecule has 2 aliphatic rings. The molecule has 2 heterocycles. The van der Waals surface area contributed by atoms with E-state index in [1.165, 1.54) is 4.90 Å². The van der Waals surface area contributed by atoms with Gasteiger partial charge in [-0.15, -0.1) is 0 Å². The fraction of sp³-hybridized carbons (Fsp3) is 0.429. The molecule has 1 saturated heterocycles. The minimum atomic E-state index is -0.739. The highest BCUT2D eigenvalue weighted by atomic mass is 16.6. The number of carbonyl (C=O) groups excluding carboxylic acids is 2. The van der Waals surface area contributed by atoms with E-state index in [-0.39, 0.29) is 11.3 Å². The number of carbonyl (C=O) groups is 2. The molecule has 0 bridgehead atoms. The summed E-state index contributed by atoms with van der Waals surface area (Å²) in [4.78, 5) is 29.9. The van der Waals surface area contributed by atoms with Gasteiger partial charge in [0.15, 0.2) is 11.5 Å². The number of ether oxygens (including phenoxy) is 3. The molecule has 0 unspecified atom stereocenters. The maximum absolute atomic E-state index is 13.3. The molecule has 0 radical (unpaired) electrons. The van der Waals surface area contributed by atoms with Gasteiger partial charge in [-0.05, 0) is 56.4 Å². The van der Waals surface area contributed by atoms with E-state index in [4.69, 9.17) is 14.2 Å². The number of unbranched alkanes of at least 4 members (excludes halogenated alkanes) is 2. The van der Waals surface area contributed by atoms with Crippen molar-refractivity contribution in [3.63, 3.8) is 0 Å². The molecule has 8 heteroatoms. The van der Waals surface area contributed by atoms with Crippen molar-refractivity contribution in [3.05, 3.63) is 59.2 Å². The molecular formula is C28H34N2O6. The van der Waals surface area contributed by atoms with E-state index >= 15 is 0 Å². The first-order valence-corrected chi connectivity index (χ1v) is 12.5. The van der Waals surface area contributed by atoms with Gasteiger partial charge in [-0.1, -0.05) is 31.9 Å². The van der Waals surface area contributed by atoms with Gasteiger partial charge in [-0.2, -0.15) is 0 Å². The minimum absolute atomic E-state index is 0.0542. The van der Waals surface area contributed by atoms with E-state index in [0.29, 0.717) is 61.3 Å². The van der Waals surface area contributed by atoms with Crippen LogP contribution >= 0.6 is 0 Å². The van der Waals surface area contributed by atoms with Crippen LogP contribution in [0.3, 0.4) is 0 Å². The quantitative estimate of drug-likeness (QED) is 0.231. The highest BCUT2D eigenvalue weighted by Crippen LogP contribution is 2.41. The van der Waals surface area contributed by atoms with Crippen LogP contribution in [-0.4, -0.2) is 73.6 Å². The standard InChI is InChI=1S/C28H34N2O6/c1-4-5-6-14-34-21-9-7-8-19(17-21)25-24(27(32)28(33)30(25)13-12-29(2)3)26(31)20-10-11-22-23(18-20)36-16-15-35-22/h7-11,17-18,25,31H,4-6,12-16H2,1-3H3/t25-/m1/s1. The van der Waals surface area contributed by atoms with Crippen molar-refractivity contribution < 1.29 is 28.9 Å². The van der Waals surface area contributed by atoms with Crippen molar-refractivity contribution in [2.75, 3.05) is 47.0 Å². The van der Waals surface area contributed by atoms with Crippen molar-refractivity contribution >= 4 is 17.4 Å². The molecule has 1 atom stereocenters. The number of Topliss-reactive ketones (excluding diaryl/α,β-unsaturated/α-hetero) is 1. The second-order valence-electron chi connectivity index (χ2n) is 9.28. The molecular weight excluding hydrogens is 460 g/mol. The molecule has 2 aromatic carbocycles. The van der Waals surface area contributed by atoms with E-state index < -0.39 is 17.7 Å². The lowest BCUT2D eigenvalue weighted by molar-refractivity contribution is -0.140. The zero-order chi connectivity index (χ0) is 25.7. The molecule has 2 aliphatic heterocycles. The number of nitrogens with zero attached hydrogens (tertiary/aromatic N) is 2. The molecule has 8 nitrogen and oxygen atoms in total. The average molecular weight is 495 g/mol. The van der Waals surface area contributed by atoms with Crippen LogP contribution in [0.1, 0.15) is 43.4 Å². The molecule has 0 aliphatic carbocycles. The molecule has 36 heavy (non-hydrogen) atoms. The highest BCUT2D eigenvalue weighted by molar-refractivity contribution is 6.46. The first-order valence-electron chi connectivity index (χ1n) is 12.5. The lowest BCUT2D eigenvalue weighted by Crippen LogP contribution is -2.35. The Bertz CT molecular complexity index is 1140. The zero-order valence-electron chi connectivity index (χ0n) is 21.2. The summed E-state index contributed by atoms with van der Waals surface area (Å²) in [5.74, 6) is 0.161. The number of likely N-dealkylation sites (tertiary alicyclic amines) is 1. The lowest BCUT2D eigenvalue weighted by atomic mass is 9.95. The Kier molecular flexibility index (Phi) is 8.15. The van der Waals surface area contributed by atoms with Gasteiger partial charge in [-0.3, -0.25) is 9.59 Å². The zero-order valence-corrected chi connectivity index (χ0v) is 21.2. The second-order valence-corrected chi connectivity index (χ2v) is 9.28. The SMILES string of the molecule is CCCCCOc1cccc([C@@H]2C(=C(O)c3ccc4c(c3)OCCO4)C(=O)C(=O)N2CCN(C)C)c1. The van der Waals surface area contributed by atoms with Crippen LogP contribution in [0.15, 0.2) is 48.0 Å². The van der Waals surface area contributed by atoms with Crippen LogP contribution in [-0.2, 0) is 9.59 Å². The number of aliphatic hydroxyl groups is 1. The number of aliphatic hydroxyl groups excluding tert-OH is 1. The monoisotopic (exact) mass is 494 g/mol. The van der Waals surface area contributed by atoms with Gasteiger partial charge in [-0.25, -0.2) is 0 Å². The Morgan fingerprint density at radius 1 is 1.08 bits per heavy atom. The number of amides is 1. The maximum atomic E-state index is 13.3. The number of rotatable bonds is 10. The number of likely N-dealkylation sites (N-methyl/N-ethyl adjacent to an activating group) is 1. The molecule has 2 aromatic rings. The number of benzene rings is 2. The summed E-state index contributed by atoms with van der Waals surface area (Å²) >= 11 is 0. The predicted molar refractivity (Wildman–Crippen MR) is 136 cm³/mol. The summed E-state index contributed by atoms with van der Waals surface area (Å²) in [6, 6.07) is 11.7. The van der Waals surface area contributed by atoms with E-state index in [0.717, 1.165) is 19.3 Å². The maximum Gasteiger partial charge on any atom is 0.295 e. The third kappa shape index (κ3) is 5.49. The van der Waals surface area contributed by atoms with Crippen molar-refractivity contribution in [2.24, 2.45) is 0 Å². The Morgan fingerprint density at radius 2 is 1.86 bits per heavy atom. The Hall–Kier alpha value is -3.52. The van der Waals surface area contributed by atoms with Gasteiger partial charge in [0, 0.05) is 18.7 Å². The second kappa shape index (κ2) is 11.5. The third-order valence-corrected chi connectivity index (χ3v) is 6.33. The molecule has 1 amide bonds. The fourth-order valence-electron chi connectivity index (χ4n) is 4.43. The smallest absolute Gasteiger partial charge is 0.295 e. The van der Waals surface area contributed by atoms with Gasteiger partial charge < -0.3 is 29.1 Å². The number of ketones is 1. The van der Waals surface area contributed by atoms with Crippen LogP contribution in [0, 0.1) is 0 Å². The molecule has 1 N–H and O–H groups in total. The van der Waals surface area contributed by atoms with Gasteiger partial charge in [0.2, 0.25) is 0 Å². The topological polar surface area (TPSA) is 88.5 Å². The summed E-state index contributed by atoms with van der Waals surface area (Å²) in [6.45, 7) is 4.49. The number of fused-ring (bicyclic) bond motifs is 1. The van der Waals surface area contributed by atoms with Crippen LogP contribution in [0.5, 0.6) is 17.2 Å². The van der Waals surface area contributed by atoms with E-state index in [9.17, 15) is 14.7 Å². The first kappa shape index (κ1) is 25.6.